The van der Waals surface area contributed by atoms with Crippen LogP contribution in [0.2, 0.25) is 5.02 Å². The van der Waals surface area contributed by atoms with Gasteiger partial charge < -0.3 is 9.15 Å². The van der Waals surface area contributed by atoms with Crippen LogP contribution in [-0.4, -0.2) is 17.6 Å². The third-order valence-corrected chi connectivity index (χ3v) is 3.67. The highest BCUT2D eigenvalue weighted by Crippen LogP contribution is 2.20. The van der Waals surface area contributed by atoms with E-state index in [0.717, 1.165) is 16.6 Å². The van der Waals surface area contributed by atoms with Crippen molar-refractivity contribution in [2.24, 2.45) is 0 Å². The average molecular weight is 330 g/mol. The highest BCUT2D eigenvalue weighted by Gasteiger charge is 2.10. The number of ether oxygens (including phenoxy) is 1. The fraction of sp³-hybridized carbons (Fsp3) is 0.222. The number of hydrogen-bond acceptors (Lipinski definition) is 4. The molecule has 0 atom stereocenters. The van der Waals surface area contributed by atoms with Gasteiger partial charge in [-0.05, 0) is 42.3 Å². The Hall–Kier alpha value is -2.33. The Bertz CT molecular complexity index is 824. The molecule has 0 aliphatic rings. The van der Waals surface area contributed by atoms with Gasteiger partial charge in [0.2, 0.25) is 0 Å². The van der Waals surface area contributed by atoms with Crippen LogP contribution < -0.4 is 0 Å². The molecule has 1 aromatic heterocycles. The number of oxazole rings is 1. The quantitative estimate of drug-likeness (QED) is 0.659. The number of carbonyl (C=O) groups is 1. The minimum Gasteiger partial charge on any atom is -0.466 e. The maximum absolute atomic E-state index is 11.5. The monoisotopic (exact) mass is 329 g/mol. The van der Waals surface area contributed by atoms with Gasteiger partial charge in [0, 0.05) is 11.4 Å². The molecule has 0 unspecified atom stereocenters. The minimum atomic E-state index is -0.239. The number of carbonyl (C=O) groups excluding carboxylic acids is 1. The molecule has 0 N–H and O–H groups in total. The maximum Gasteiger partial charge on any atom is 0.310 e. The SMILES string of the molecule is CCOC(=O)Cc1ccc2oc(Cc3ccc(Cl)cc3)nc2c1. The van der Waals surface area contributed by atoms with Crippen molar-refractivity contribution in [2.45, 2.75) is 19.8 Å². The molecule has 0 radical (unpaired) electrons. The average Bonchev–Trinajstić information content (AvgIpc) is 2.91. The Morgan fingerprint density at radius 3 is 2.65 bits per heavy atom. The van der Waals surface area contributed by atoms with Crippen molar-refractivity contribution in [3.05, 3.63) is 64.5 Å². The smallest absolute Gasteiger partial charge is 0.310 e. The number of hydrogen-bond donors (Lipinski definition) is 0. The first kappa shape index (κ1) is 15.6. The highest BCUT2D eigenvalue weighted by atomic mass is 35.5. The van der Waals surface area contributed by atoms with Crippen molar-refractivity contribution < 1.29 is 13.9 Å². The second-order valence-electron chi connectivity index (χ2n) is 5.19. The van der Waals surface area contributed by atoms with Gasteiger partial charge in [0.1, 0.15) is 5.52 Å². The van der Waals surface area contributed by atoms with Crippen LogP contribution in [0.1, 0.15) is 23.9 Å². The van der Waals surface area contributed by atoms with E-state index in [-0.39, 0.29) is 12.4 Å². The summed E-state index contributed by atoms with van der Waals surface area (Å²) in [4.78, 5) is 16.0. The van der Waals surface area contributed by atoms with Crippen molar-refractivity contribution in [1.29, 1.82) is 0 Å². The van der Waals surface area contributed by atoms with Crippen molar-refractivity contribution >= 4 is 28.7 Å². The fourth-order valence-electron chi connectivity index (χ4n) is 2.36. The largest absolute Gasteiger partial charge is 0.466 e. The van der Waals surface area contributed by atoms with E-state index in [1.54, 1.807) is 6.92 Å². The van der Waals surface area contributed by atoms with Crippen LogP contribution in [0, 0.1) is 0 Å². The zero-order chi connectivity index (χ0) is 16.2. The first-order valence-electron chi connectivity index (χ1n) is 7.42. The van der Waals surface area contributed by atoms with E-state index in [9.17, 15) is 4.79 Å². The summed E-state index contributed by atoms with van der Waals surface area (Å²) in [6, 6.07) is 13.1. The number of esters is 1. The standard InChI is InChI=1S/C18H16ClNO3/c1-2-22-18(21)11-13-5-8-16-15(9-13)20-17(23-16)10-12-3-6-14(19)7-4-12/h3-9H,2,10-11H2,1H3. The Balaban J connectivity index is 1.78. The number of rotatable bonds is 5. The van der Waals surface area contributed by atoms with E-state index < -0.39 is 0 Å². The lowest BCUT2D eigenvalue weighted by atomic mass is 10.1. The summed E-state index contributed by atoms with van der Waals surface area (Å²) in [5.74, 6) is 0.396. The van der Waals surface area contributed by atoms with Gasteiger partial charge in [-0.3, -0.25) is 4.79 Å². The van der Waals surface area contributed by atoms with Crippen LogP contribution in [-0.2, 0) is 22.4 Å². The van der Waals surface area contributed by atoms with Gasteiger partial charge in [-0.2, -0.15) is 0 Å². The third-order valence-electron chi connectivity index (χ3n) is 3.42. The molecule has 4 nitrogen and oxygen atoms in total. The number of halogens is 1. The molecule has 2 aromatic carbocycles. The van der Waals surface area contributed by atoms with Gasteiger partial charge in [-0.1, -0.05) is 29.8 Å². The normalized spacial score (nSPS) is 10.9. The number of nitrogens with zero attached hydrogens (tertiary/aromatic N) is 1. The predicted octanol–water partition coefficient (Wildman–Crippen LogP) is 4.18. The van der Waals surface area contributed by atoms with E-state index >= 15 is 0 Å². The van der Waals surface area contributed by atoms with Crippen molar-refractivity contribution in [3.8, 4) is 0 Å². The van der Waals surface area contributed by atoms with Crippen molar-refractivity contribution in [1.82, 2.24) is 4.98 Å². The van der Waals surface area contributed by atoms with E-state index in [1.165, 1.54) is 0 Å². The summed E-state index contributed by atoms with van der Waals surface area (Å²) in [7, 11) is 0. The van der Waals surface area contributed by atoms with E-state index in [4.69, 9.17) is 20.8 Å². The Morgan fingerprint density at radius 2 is 1.91 bits per heavy atom. The van der Waals surface area contributed by atoms with E-state index in [1.807, 2.05) is 42.5 Å². The van der Waals surface area contributed by atoms with Gasteiger partial charge in [-0.25, -0.2) is 4.98 Å². The Morgan fingerprint density at radius 1 is 1.17 bits per heavy atom. The van der Waals surface area contributed by atoms with Crippen LogP contribution >= 0.6 is 11.6 Å². The molecule has 0 fully saturated rings. The summed E-state index contributed by atoms with van der Waals surface area (Å²) < 4.78 is 10.7. The molecule has 0 spiro atoms. The molecule has 0 saturated carbocycles. The lowest BCUT2D eigenvalue weighted by Gasteiger charge is -2.01. The first-order valence-corrected chi connectivity index (χ1v) is 7.80. The molecule has 0 bridgehead atoms. The molecule has 0 aliphatic heterocycles. The first-order chi connectivity index (χ1) is 11.1. The van der Waals surface area contributed by atoms with Gasteiger partial charge >= 0.3 is 5.97 Å². The summed E-state index contributed by atoms with van der Waals surface area (Å²) in [6.07, 6.45) is 0.836. The minimum absolute atomic E-state index is 0.239. The second-order valence-corrected chi connectivity index (χ2v) is 5.63. The summed E-state index contributed by atoms with van der Waals surface area (Å²) in [5.41, 5.74) is 3.40. The van der Waals surface area contributed by atoms with Crippen LogP contribution in [0.5, 0.6) is 0 Å². The van der Waals surface area contributed by atoms with Crippen LogP contribution in [0.15, 0.2) is 46.9 Å². The Labute approximate surface area is 139 Å². The Kier molecular flexibility index (Phi) is 4.63. The molecular weight excluding hydrogens is 314 g/mol. The molecule has 0 saturated heterocycles. The maximum atomic E-state index is 11.5. The highest BCUT2D eigenvalue weighted by molar-refractivity contribution is 6.30. The summed E-state index contributed by atoms with van der Waals surface area (Å²) >= 11 is 5.88. The molecule has 5 heteroatoms. The molecular formula is C18H16ClNO3. The van der Waals surface area contributed by atoms with E-state index in [0.29, 0.717) is 29.5 Å². The summed E-state index contributed by atoms with van der Waals surface area (Å²) in [6.45, 7) is 2.18. The number of fused-ring (bicyclic) bond motifs is 1. The summed E-state index contributed by atoms with van der Waals surface area (Å²) in [5, 5.41) is 0.704. The lowest BCUT2D eigenvalue weighted by molar-refractivity contribution is -0.142. The molecule has 0 amide bonds. The van der Waals surface area contributed by atoms with Crippen LogP contribution in [0.4, 0.5) is 0 Å². The molecule has 3 aromatic rings. The molecule has 3 rings (SSSR count). The topological polar surface area (TPSA) is 52.3 Å². The third kappa shape index (κ3) is 3.90. The second kappa shape index (κ2) is 6.84. The van der Waals surface area contributed by atoms with Crippen molar-refractivity contribution in [3.63, 3.8) is 0 Å². The molecule has 0 aliphatic carbocycles. The molecule has 1 heterocycles. The van der Waals surface area contributed by atoms with Gasteiger partial charge in [0.05, 0.1) is 13.0 Å². The van der Waals surface area contributed by atoms with Gasteiger partial charge in [0.25, 0.3) is 0 Å². The fourth-order valence-corrected chi connectivity index (χ4v) is 2.49. The van der Waals surface area contributed by atoms with Crippen LogP contribution in [0.25, 0.3) is 11.1 Å². The molecule has 118 valence electrons. The van der Waals surface area contributed by atoms with Crippen LogP contribution in [0.3, 0.4) is 0 Å². The molecule has 23 heavy (non-hydrogen) atoms. The van der Waals surface area contributed by atoms with Crippen molar-refractivity contribution in [2.75, 3.05) is 6.61 Å². The number of aromatic nitrogens is 1. The van der Waals surface area contributed by atoms with Gasteiger partial charge in [-0.15, -0.1) is 0 Å². The zero-order valence-electron chi connectivity index (χ0n) is 12.7. The lowest BCUT2D eigenvalue weighted by Crippen LogP contribution is -2.07. The zero-order valence-corrected chi connectivity index (χ0v) is 13.5. The number of benzene rings is 2. The predicted molar refractivity (Wildman–Crippen MR) is 88.6 cm³/mol. The van der Waals surface area contributed by atoms with E-state index in [2.05, 4.69) is 4.98 Å². The van der Waals surface area contributed by atoms with Gasteiger partial charge in [0.15, 0.2) is 11.5 Å².